The van der Waals surface area contributed by atoms with E-state index in [-0.39, 0.29) is 12.8 Å². The molecule has 2 aliphatic rings. The maximum absolute atomic E-state index is 13.3. The fourth-order valence-corrected chi connectivity index (χ4v) is 6.97. The average Bonchev–Trinajstić information content (AvgIpc) is 3.51. The number of aryl methyl sites for hydroxylation is 4. The number of hydrogen-bond donors (Lipinski definition) is 2. The van der Waals surface area contributed by atoms with E-state index in [0.717, 1.165) is 46.4 Å². The van der Waals surface area contributed by atoms with Crippen molar-refractivity contribution >= 4 is 33.7 Å². The normalized spacial score (nSPS) is 22.4. The third-order valence-corrected chi connectivity index (χ3v) is 9.15. The molecule has 0 saturated carbocycles. The van der Waals surface area contributed by atoms with E-state index in [2.05, 4.69) is 61.9 Å². The highest BCUT2D eigenvalue weighted by Crippen LogP contribution is 2.44. The Balaban J connectivity index is 1.24. The molecule has 4 heterocycles. The van der Waals surface area contributed by atoms with Gasteiger partial charge in [0.15, 0.2) is 0 Å². The largest absolute Gasteiger partial charge is 0.393 e. The standard InChI is InChI=1S/C33H38N2O5/c1-7-33(31-23(13-15-39-33)27-19(3)9-11-21(5)29(27)35-31)17-25(37)40-24(36)16-32(6)30-22(12-14-38-32)26-18(2)8-10-20(4)28(26)34-30/h8-11,34-35H,7,12-17H2,1-6H3. The van der Waals surface area contributed by atoms with Crippen LogP contribution in [0.2, 0.25) is 0 Å². The third kappa shape index (κ3) is 4.10. The van der Waals surface area contributed by atoms with Crippen molar-refractivity contribution in [3.63, 3.8) is 0 Å². The Kier molecular flexibility index (Phi) is 6.43. The second-order valence-corrected chi connectivity index (χ2v) is 11.8. The van der Waals surface area contributed by atoms with Gasteiger partial charge < -0.3 is 24.2 Å². The summed E-state index contributed by atoms with van der Waals surface area (Å²) in [4.78, 5) is 33.6. The summed E-state index contributed by atoms with van der Waals surface area (Å²) in [6.45, 7) is 13.3. The number of aromatic amines is 2. The number of H-pyrrole nitrogens is 2. The molecule has 0 fully saturated rings. The molecule has 0 bridgehead atoms. The summed E-state index contributed by atoms with van der Waals surface area (Å²) >= 11 is 0. The number of nitrogens with one attached hydrogen (secondary N) is 2. The van der Waals surface area contributed by atoms with Crippen molar-refractivity contribution in [2.24, 2.45) is 0 Å². The first kappa shape index (κ1) is 26.8. The van der Waals surface area contributed by atoms with Crippen LogP contribution in [0.5, 0.6) is 0 Å². The van der Waals surface area contributed by atoms with Crippen LogP contribution in [0.1, 0.15) is 77.9 Å². The van der Waals surface area contributed by atoms with Crippen LogP contribution >= 0.6 is 0 Å². The van der Waals surface area contributed by atoms with Crippen LogP contribution in [0.4, 0.5) is 0 Å². The lowest BCUT2D eigenvalue weighted by Crippen LogP contribution is -2.39. The first-order valence-electron chi connectivity index (χ1n) is 14.3. The molecule has 0 radical (unpaired) electrons. The number of carbonyl (C=O) groups excluding carboxylic acids is 2. The van der Waals surface area contributed by atoms with Crippen molar-refractivity contribution in [3.05, 3.63) is 69.0 Å². The van der Waals surface area contributed by atoms with E-state index in [1.54, 1.807) is 0 Å². The van der Waals surface area contributed by atoms with E-state index in [1.165, 1.54) is 33.0 Å². The highest BCUT2D eigenvalue weighted by atomic mass is 16.6. The Morgan fingerprint density at radius 1 is 0.775 bits per heavy atom. The lowest BCUT2D eigenvalue weighted by atomic mass is 9.85. The number of hydrogen-bond acceptors (Lipinski definition) is 5. The maximum Gasteiger partial charge on any atom is 0.316 e. The Morgan fingerprint density at radius 2 is 1.27 bits per heavy atom. The van der Waals surface area contributed by atoms with Gasteiger partial charge >= 0.3 is 11.9 Å². The van der Waals surface area contributed by atoms with Gasteiger partial charge in [0.1, 0.15) is 11.2 Å². The summed E-state index contributed by atoms with van der Waals surface area (Å²) in [6.07, 6.45) is 2.02. The van der Waals surface area contributed by atoms with Gasteiger partial charge in [-0.25, -0.2) is 0 Å². The lowest BCUT2D eigenvalue weighted by Gasteiger charge is -2.36. The fraction of sp³-hybridized carbons (Fsp3) is 0.455. The van der Waals surface area contributed by atoms with Gasteiger partial charge in [-0.05, 0) is 87.3 Å². The van der Waals surface area contributed by atoms with Gasteiger partial charge in [-0.3, -0.25) is 9.59 Å². The van der Waals surface area contributed by atoms with Gasteiger partial charge in [0.2, 0.25) is 0 Å². The van der Waals surface area contributed by atoms with Gasteiger partial charge in [-0.2, -0.15) is 0 Å². The predicted molar refractivity (Wildman–Crippen MR) is 155 cm³/mol. The Labute approximate surface area is 234 Å². The summed E-state index contributed by atoms with van der Waals surface area (Å²) in [5.74, 6) is -1.19. The Morgan fingerprint density at radius 3 is 1.88 bits per heavy atom. The molecule has 2 aliphatic heterocycles. The van der Waals surface area contributed by atoms with Crippen LogP contribution in [0.25, 0.3) is 21.8 Å². The number of rotatable bonds is 5. The molecule has 2 N–H and O–H groups in total. The lowest BCUT2D eigenvalue weighted by molar-refractivity contribution is -0.170. The zero-order valence-electron chi connectivity index (χ0n) is 24.3. The van der Waals surface area contributed by atoms with Crippen molar-refractivity contribution in [2.75, 3.05) is 13.2 Å². The van der Waals surface area contributed by atoms with Crippen molar-refractivity contribution < 1.29 is 23.8 Å². The minimum atomic E-state index is -0.911. The van der Waals surface area contributed by atoms with Crippen LogP contribution in [-0.2, 0) is 47.8 Å². The minimum absolute atomic E-state index is 0.0409. The molecule has 210 valence electrons. The molecule has 0 amide bonds. The quantitative estimate of drug-likeness (QED) is 0.225. The van der Waals surface area contributed by atoms with Gasteiger partial charge in [0.25, 0.3) is 0 Å². The predicted octanol–water partition coefficient (Wildman–Crippen LogP) is 6.40. The molecule has 2 unspecified atom stereocenters. The molecular formula is C33H38N2O5. The number of fused-ring (bicyclic) bond motifs is 6. The molecule has 2 aromatic heterocycles. The molecule has 0 aliphatic carbocycles. The van der Waals surface area contributed by atoms with Gasteiger partial charge in [-0.15, -0.1) is 0 Å². The van der Waals surface area contributed by atoms with E-state index in [1.807, 2.05) is 13.8 Å². The van der Waals surface area contributed by atoms with E-state index in [0.29, 0.717) is 19.6 Å². The Hall–Kier alpha value is -3.42. The highest BCUT2D eigenvalue weighted by Gasteiger charge is 2.43. The van der Waals surface area contributed by atoms with Crippen molar-refractivity contribution in [1.29, 1.82) is 0 Å². The molecule has 0 spiro atoms. The highest BCUT2D eigenvalue weighted by molar-refractivity contribution is 5.93. The van der Waals surface area contributed by atoms with E-state index < -0.39 is 23.1 Å². The SMILES string of the molecule is CCC1(CC(=O)OC(=O)CC2(C)OCCc3c2[nH]c2c(C)ccc(C)c32)OCCc2c1[nH]c1c(C)ccc(C)c21. The zero-order valence-corrected chi connectivity index (χ0v) is 24.3. The summed E-state index contributed by atoms with van der Waals surface area (Å²) in [7, 11) is 0. The molecular weight excluding hydrogens is 504 g/mol. The van der Waals surface area contributed by atoms with Gasteiger partial charge in [0.05, 0.1) is 37.4 Å². The van der Waals surface area contributed by atoms with Gasteiger partial charge in [-0.1, -0.05) is 31.2 Å². The molecule has 7 heteroatoms. The molecule has 7 nitrogen and oxygen atoms in total. The Bertz CT molecular complexity index is 1680. The number of carbonyl (C=O) groups is 2. The molecule has 2 aromatic carbocycles. The summed E-state index contributed by atoms with van der Waals surface area (Å²) in [5.41, 5.74) is 9.27. The first-order chi connectivity index (χ1) is 19.1. The van der Waals surface area contributed by atoms with Crippen molar-refractivity contribution in [2.45, 2.75) is 84.8 Å². The number of benzene rings is 2. The first-order valence-corrected chi connectivity index (χ1v) is 14.3. The number of esters is 2. The summed E-state index contributed by atoms with van der Waals surface area (Å²) in [6, 6.07) is 8.47. The van der Waals surface area contributed by atoms with Crippen LogP contribution in [0.3, 0.4) is 0 Å². The molecule has 4 aromatic rings. The zero-order chi connectivity index (χ0) is 28.4. The average molecular weight is 543 g/mol. The maximum atomic E-state index is 13.3. The molecule has 2 atom stereocenters. The monoisotopic (exact) mass is 542 g/mol. The second kappa shape index (κ2) is 9.60. The topological polar surface area (TPSA) is 93.4 Å². The molecule has 6 rings (SSSR count). The third-order valence-electron chi connectivity index (χ3n) is 9.15. The second-order valence-electron chi connectivity index (χ2n) is 11.8. The number of ether oxygens (including phenoxy) is 3. The van der Waals surface area contributed by atoms with E-state index in [4.69, 9.17) is 14.2 Å². The van der Waals surface area contributed by atoms with Crippen LogP contribution in [0, 0.1) is 27.7 Å². The van der Waals surface area contributed by atoms with E-state index >= 15 is 0 Å². The minimum Gasteiger partial charge on any atom is -0.393 e. The molecule has 40 heavy (non-hydrogen) atoms. The van der Waals surface area contributed by atoms with E-state index in [9.17, 15) is 9.59 Å². The summed E-state index contributed by atoms with van der Waals surface area (Å²) < 4.78 is 17.9. The summed E-state index contributed by atoms with van der Waals surface area (Å²) in [5, 5.41) is 2.41. The van der Waals surface area contributed by atoms with Crippen LogP contribution in [-0.4, -0.2) is 35.1 Å². The number of aromatic nitrogens is 2. The van der Waals surface area contributed by atoms with Crippen molar-refractivity contribution in [1.82, 2.24) is 9.97 Å². The fourth-order valence-electron chi connectivity index (χ4n) is 6.97. The van der Waals surface area contributed by atoms with Crippen LogP contribution < -0.4 is 0 Å². The smallest absolute Gasteiger partial charge is 0.316 e. The van der Waals surface area contributed by atoms with Crippen molar-refractivity contribution in [3.8, 4) is 0 Å². The van der Waals surface area contributed by atoms with Crippen LogP contribution in [0.15, 0.2) is 24.3 Å². The molecule has 0 saturated heterocycles. The van der Waals surface area contributed by atoms with Gasteiger partial charge in [0, 0.05) is 21.8 Å².